The SMILES string of the molecule is O=C(CCNc1ccc(F)c(F)c1)Nc1ccccc1N1CCOCC1. The summed E-state index contributed by atoms with van der Waals surface area (Å²) in [6, 6.07) is 11.2. The van der Waals surface area contributed by atoms with Crippen LogP contribution in [0.3, 0.4) is 0 Å². The Morgan fingerprint density at radius 3 is 2.62 bits per heavy atom. The standard InChI is InChI=1S/C19H21F2N3O2/c20-15-6-5-14(13-16(15)21)22-8-7-19(25)23-17-3-1-2-4-18(17)24-9-11-26-12-10-24/h1-6,13,22H,7-12H2,(H,23,25). The van der Waals surface area contributed by atoms with Gasteiger partial charge in [-0.2, -0.15) is 0 Å². The summed E-state index contributed by atoms with van der Waals surface area (Å²) in [6.45, 7) is 3.21. The van der Waals surface area contributed by atoms with Gasteiger partial charge in [0.05, 0.1) is 24.6 Å². The van der Waals surface area contributed by atoms with Gasteiger partial charge in [-0.25, -0.2) is 8.78 Å². The van der Waals surface area contributed by atoms with Gasteiger partial charge in [0.25, 0.3) is 0 Å². The third kappa shape index (κ3) is 4.70. The Labute approximate surface area is 151 Å². The summed E-state index contributed by atoms with van der Waals surface area (Å²) in [4.78, 5) is 14.4. The summed E-state index contributed by atoms with van der Waals surface area (Å²) in [5, 5.41) is 5.83. The summed E-state index contributed by atoms with van der Waals surface area (Å²) in [6.07, 6.45) is 0.205. The number of anilines is 3. The smallest absolute Gasteiger partial charge is 0.226 e. The third-order valence-corrected chi connectivity index (χ3v) is 4.13. The van der Waals surface area contributed by atoms with Crippen molar-refractivity contribution in [3.05, 3.63) is 54.1 Å². The fraction of sp³-hybridized carbons (Fsp3) is 0.316. The minimum atomic E-state index is -0.918. The van der Waals surface area contributed by atoms with Gasteiger partial charge in [0.15, 0.2) is 11.6 Å². The molecular weight excluding hydrogens is 340 g/mol. The van der Waals surface area contributed by atoms with Crippen molar-refractivity contribution in [3.63, 3.8) is 0 Å². The normalized spacial score (nSPS) is 14.2. The summed E-state index contributed by atoms with van der Waals surface area (Å²) < 4.78 is 31.4. The van der Waals surface area contributed by atoms with E-state index in [2.05, 4.69) is 15.5 Å². The first-order valence-corrected chi connectivity index (χ1v) is 8.54. The fourth-order valence-electron chi connectivity index (χ4n) is 2.80. The molecule has 0 aliphatic carbocycles. The van der Waals surface area contributed by atoms with Crippen LogP contribution >= 0.6 is 0 Å². The second-order valence-electron chi connectivity index (χ2n) is 5.97. The van der Waals surface area contributed by atoms with Crippen molar-refractivity contribution in [1.82, 2.24) is 0 Å². The van der Waals surface area contributed by atoms with Crippen LogP contribution in [0, 0.1) is 11.6 Å². The minimum absolute atomic E-state index is 0.152. The number of benzene rings is 2. The second-order valence-corrected chi connectivity index (χ2v) is 5.97. The van der Waals surface area contributed by atoms with Crippen molar-refractivity contribution in [1.29, 1.82) is 0 Å². The lowest BCUT2D eigenvalue weighted by molar-refractivity contribution is -0.115. The zero-order valence-electron chi connectivity index (χ0n) is 14.3. The third-order valence-electron chi connectivity index (χ3n) is 4.13. The maximum atomic E-state index is 13.2. The number of rotatable bonds is 6. The molecule has 1 aliphatic heterocycles. The van der Waals surface area contributed by atoms with Crippen molar-refractivity contribution < 1.29 is 18.3 Å². The maximum Gasteiger partial charge on any atom is 0.226 e. The zero-order valence-corrected chi connectivity index (χ0v) is 14.3. The average Bonchev–Trinajstić information content (AvgIpc) is 2.66. The molecule has 0 radical (unpaired) electrons. The predicted molar refractivity (Wildman–Crippen MR) is 97.6 cm³/mol. The first kappa shape index (κ1) is 18.1. The Hall–Kier alpha value is -2.67. The molecule has 1 saturated heterocycles. The number of hydrogen-bond donors (Lipinski definition) is 2. The fourth-order valence-corrected chi connectivity index (χ4v) is 2.80. The van der Waals surface area contributed by atoms with Crippen LogP contribution in [-0.4, -0.2) is 38.8 Å². The Kier molecular flexibility index (Phi) is 6.01. The molecule has 1 heterocycles. The molecule has 0 saturated carbocycles. The number of ether oxygens (including phenoxy) is 1. The number of carbonyl (C=O) groups excluding carboxylic acids is 1. The monoisotopic (exact) mass is 361 g/mol. The van der Waals surface area contributed by atoms with Gasteiger partial charge in [-0.15, -0.1) is 0 Å². The molecule has 1 amide bonds. The van der Waals surface area contributed by atoms with Gasteiger partial charge >= 0.3 is 0 Å². The van der Waals surface area contributed by atoms with Gasteiger partial charge in [-0.05, 0) is 30.3 Å². The number of hydrogen-bond acceptors (Lipinski definition) is 4. The minimum Gasteiger partial charge on any atom is -0.384 e. The number of nitrogens with one attached hydrogen (secondary N) is 2. The van der Waals surface area contributed by atoms with Crippen molar-refractivity contribution in [2.45, 2.75) is 6.42 Å². The summed E-state index contributed by atoms with van der Waals surface area (Å²) in [5.74, 6) is -1.97. The van der Waals surface area contributed by atoms with Crippen LogP contribution < -0.4 is 15.5 Å². The molecule has 26 heavy (non-hydrogen) atoms. The van der Waals surface area contributed by atoms with E-state index in [0.717, 1.165) is 36.6 Å². The molecule has 5 nitrogen and oxygen atoms in total. The molecule has 2 aromatic rings. The molecule has 0 bridgehead atoms. The Balaban J connectivity index is 1.54. The van der Waals surface area contributed by atoms with Gasteiger partial charge in [0.2, 0.25) is 5.91 Å². The molecule has 0 aromatic heterocycles. The van der Waals surface area contributed by atoms with Gasteiger partial charge in [0.1, 0.15) is 0 Å². The van der Waals surface area contributed by atoms with E-state index in [1.54, 1.807) is 0 Å². The Bertz CT molecular complexity index is 764. The topological polar surface area (TPSA) is 53.6 Å². The van der Waals surface area contributed by atoms with Crippen LogP contribution in [0.15, 0.2) is 42.5 Å². The number of nitrogens with zero attached hydrogens (tertiary/aromatic N) is 1. The zero-order chi connectivity index (χ0) is 18.4. The highest BCUT2D eigenvalue weighted by atomic mass is 19.2. The van der Waals surface area contributed by atoms with E-state index in [1.165, 1.54) is 6.07 Å². The lowest BCUT2D eigenvalue weighted by Gasteiger charge is -2.30. The van der Waals surface area contributed by atoms with Gasteiger partial charge in [-0.3, -0.25) is 4.79 Å². The summed E-state index contributed by atoms with van der Waals surface area (Å²) in [7, 11) is 0. The highest BCUT2D eigenvalue weighted by molar-refractivity contribution is 5.94. The van der Waals surface area contributed by atoms with Crippen LogP contribution in [0.25, 0.3) is 0 Å². The Morgan fingerprint density at radius 1 is 1.08 bits per heavy atom. The van der Waals surface area contributed by atoms with Crippen LogP contribution in [0.5, 0.6) is 0 Å². The highest BCUT2D eigenvalue weighted by Crippen LogP contribution is 2.26. The number of amides is 1. The molecule has 0 spiro atoms. The number of para-hydroxylation sites is 2. The summed E-state index contributed by atoms with van der Waals surface area (Å²) in [5.41, 5.74) is 2.16. The largest absolute Gasteiger partial charge is 0.384 e. The lowest BCUT2D eigenvalue weighted by Crippen LogP contribution is -2.36. The van der Waals surface area contributed by atoms with E-state index >= 15 is 0 Å². The average molecular weight is 361 g/mol. The van der Waals surface area contributed by atoms with Crippen LogP contribution in [0.1, 0.15) is 6.42 Å². The summed E-state index contributed by atoms with van der Waals surface area (Å²) >= 11 is 0. The first-order chi connectivity index (χ1) is 12.6. The van der Waals surface area contributed by atoms with E-state index in [4.69, 9.17) is 4.74 Å². The molecule has 138 valence electrons. The Morgan fingerprint density at radius 2 is 1.85 bits per heavy atom. The van der Waals surface area contributed by atoms with Crippen LogP contribution in [0.2, 0.25) is 0 Å². The van der Waals surface area contributed by atoms with E-state index < -0.39 is 11.6 Å². The molecule has 0 atom stereocenters. The first-order valence-electron chi connectivity index (χ1n) is 8.54. The molecule has 2 N–H and O–H groups in total. The van der Waals surface area contributed by atoms with E-state index in [-0.39, 0.29) is 12.3 Å². The van der Waals surface area contributed by atoms with Crippen molar-refractivity contribution in [2.24, 2.45) is 0 Å². The number of carbonyl (C=O) groups is 1. The number of halogens is 2. The van der Waals surface area contributed by atoms with E-state index in [1.807, 2.05) is 24.3 Å². The van der Waals surface area contributed by atoms with E-state index in [0.29, 0.717) is 25.4 Å². The van der Waals surface area contributed by atoms with Crippen LogP contribution in [0.4, 0.5) is 25.8 Å². The molecule has 1 aliphatic rings. The van der Waals surface area contributed by atoms with Gasteiger partial charge < -0.3 is 20.3 Å². The molecule has 0 unspecified atom stereocenters. The molecule has 1 fully saturated rings. The quantitative estimate of drug-likeness (QED) is 0.829. The number of morpholine rings is 1. The van der Waals surface area contributed by atoms with E-state index in [9.17, 15) is 13.6 Å². The van der Waals surface area contributed by atoms with Crippen molar-refractivity contribution >= 4 is 23.0 Å². The highest BCUT2D eigenvalue weighted by Gasteiger charge is 2.15. The molecule has 7 heteroatoms. The predicted octanol–water partition coefficient (Wildman–Crippen LogP) is 3.24. The molecular formula is C19H21F2N3O2. The van der Waals surface area contributed by atoms with Crippen LogP contribution in [-0.2, 0) is 9.53 Å². The van der Waals surface area contributed by atoms with Crippen molar-refractivity contribution in [2.75, 3.05) is 48.4 Å². The molecule has 3 rings (SSSR count). The second kappa shape index (κ2) is 8.62. The maximum absolute atomic E-state index is 13.2. The molecule has 2 aromatic carbocycles. The lowest BCUT2D eigenvalue weighted by atomic mass is 10.2. The van der Waals surface area contributed by atoms with Crippen molar-refractivity contribution in [3.8, 4) is 0 Å². The van der Waals surface area contributed by atoms with Gasteiger partial charge in [0, 0.05) is 31.7 Å². The van der Waals surface area contributed by atoms with Gasteiger partial charge in [-0.1, -0.05) is 12.1 Å².